The van der Waals surface area contributed by atoms with Crippen LogP contribution in [0.15, 0.2) is 47.4 Å². The van der Waals surface area contributed by atoms with E-state index in [0.29, 0.717) is 48.8 Å². The molecule has 0 N–H and O–H groups in total. The topological polar surface area (TPSA) is 107 Å². The molecule has 32 heavy (non-hydrogen) atoms. The number of nitrogens with zero attached hydrogens (tertiary/aromatic N) is 5. The molecule has 0 aliphatic carbocycles. The summed E-state index contributed by atoms with van der Waals surface area (Å²) in [4.78, 5) is 50.6. The highest BCUT2D eigenvalue weighted by molar-refractivity contribution is 5.94. The van der Waals surface area contributed by atoms with Gasteiger partial charge in [0.05, 0.1) is 12.8 Å². The maximum absolute atomic E-state index is 13.5. The predicted octanol–water partition coefficient (Wildman–Crippen LogP) is 0.720. The van der Waals surface area contributed by atoms with E-state index < -0.39 is 11.5 Å². The van der Waals surface area contributed by atoms with Crippen LogP contribution in [0.5, 0.6) is 5.75 Å². The molecule has 1 saturated heterocycles. The standard InChI is InChI=1S/C22H23N5O5/c1-31-14-18(28)25-10-12-26(13-11-25)21(29)19-22(30)27(16-7-3-4-8-17(16)32-2)20-15(24-19)6-5-9-23-20/h3-9H,10-14H2,1-2H3. The first-order valence-corrected chi connectivity index (χ1v) is 10.1. The number of carbonyl (C=O) groups excluding carboxylic acids is 2. The highest BCUT2D eigenvalue weighted by atomic mass is 16.5. The minimum Gasteiger partial charge on any atom is -0.495 e. The summed E-state index contributed by atoms with van der Waals surface area (Å²) in [5.41, 5.74) is 0.426. The van der Waals surface area contributed by atoms with E-state index in [1.807, 2.05) is 0 Å². The van der Waals surface area contributed by atoms with Crippen molar-refractivity contribution in [1.82, 2.24) is 24.3 Å². The van der Waals surface area contributed by atoms with Gasteiger partial charge in [-0.1, -0.05) is 12.1 Å². The second kappa shape index (κ2) is 9.15. The average Bonchev–Trinajstić information content (AvgIpc) is 2.83. The van der Waals surface area contributed by atoms with Crippen molar-refractivity contribution in [2.75, 3.05) is 47.0 Å². The molecule has 10 nitrogen and oxygen atoms in total. The fourth-order valence-corrected chi connectivity index (χ4v) is 3.72. The van der Waals surface area contributed by atoms with Crippen LogP contribution in [-0.2, 0) is 9.53 Å². The molecule has 1 aliphatic rings. The van der Waals surface area contributed by atoms with E-state index in [1.165, 1.54) is 23.7 Å². The first-order valence-electron chi connectivity index (χ1n) is 10.1. The lowest BCUT2D eigenvalue weighted by Gasteiger charge is -2.34. The third-order valence-electron chi connectivity index (χ3n) is 5.33. The van der Waals surface area contributed by atoms with Gasteiger partial charge in [0.25, 0.3) is 11.5 Å². The van der Waals surface area contributed by atoms with Gasteiger partial charge in [-0.2, -0.15) is 0 Å². The van der Waals surface area contributed by atoms with Gasteiger partial charge in [-0.05, 0) is 24.3 Å². The van der Waals surface area contributed by atoms with Crippen LogP contribution in [0.3, 0.4) is 0 Å². The van der Waals surface area contributed by atoms with Gasteiger partial charge in [0, 0.05) is 39.5 Å². The number of benzene rings is 1. The van der Waals surface area contributed by atoms with E-state index >= 15 is 0 Å². The van der Waals surface area contributed by atoms with E-state index in [-0.39, 0.29) is 18.2 Å². The van der Waals surface area contributed by atoms with Gasteiger partial charge in [0.2, 0.25) is 5.91 Å². The predicted molar refractivity (Wildman–Crippen MR) is 116 cm³/mol. The molecular weight excluding hydrogens is 414 g/mol. The zero-order chi connectivity index (χ0) is 22.7. The minimum absolute atomic E-state index is 0.00318. The molecule has 0 saturated carbocycles. The smallest absolute Gasteiger partial charge is 0.288 e. The van der Waals surface area contributed by atoms with Gasteiger partial charge in [-0.25, -0.2) is 9.97 Å². The molecule has 2 amide bonds. The first-order chi connectivity index (χ1) is 15.5. The summed E-state index contributed by atoms with van der Waals surface area (Å²) in [7, 11) is 2.97. The van der Waals surface area contributed by atoms with Crippen LogP contribution >= 0.6 is 0 Å². The lowest BCUT2D eigenvalue weighted by Crippen LogP contribution is -2.52. The number of piperazine rings is 1. The molecule has 1 aromatic carbocycles. The molecule has 3 aromatic rings. The summed E-state index contributed by atoms with van der Waals surface area (Å²) in [6.45, 7) is 1.33. The quantitative estimate of drug-likeness (QED) is 0.579. The van der Waals surface area contributed by atoms with Crippen molar-refractivity contribution in [2.24, 2.45) is 0 Å². The third kappa shape index (κ3) is 3.92. The Morgan fingerprint density at radius 3 is 2.44 bits per heavy atom. The molecule has 0 bridgehead atoms. The second-order valence-electron chi connectivity index (χ2n) is 7.22. The molecule has 3 heterocycles. The summed E-state index contributed by atoms with van der Waals surface area (Å²) in [5, 5.41) is 0. The average molecular weight is 437 g/mol. The highest BCUT2D eigenvalue weighted by Crippen LogP contribution is 2.23. The Bertz CT molecular complexity index is 1220. The van der Waals surface area contributed by atoms with E-state index in [2.05, 4.69) is 9.97 Å². The van der Waals surface area contributed by atoms with Crippen molar-refractivity contribution in [2.45, 2.75) is 0 Å². The number of pyridine rings is 1. The zero-order valence-electron chi connectivity index (χ0n) is 17.9. The Labute approximate surface area is 184 Å². The number of amides is 2. The number of methoxy groups -OCH3 is 2. The zero-order valence-corrected chi connectivity index (χ0v) is 17.9. The number of hydrogen-bond acceptors (Lipinski definition) is 7. The van der Waals surface area contributed by atoms with Crippen molar-refractivity contribution in [3.63, 3.8) is 0 Å². The molecule has 0 atom stereocenters. The number of fused-ring (bicyclic) bond motifs is 1. The highest BCUT2D eigenvalue weighted by Gasteiger charge is 2.28. The normalized spacial score (nSPS) is 13.9. The lowest BCUT2D eigenvalue weighted by molar-refractivity contribution is -0.136. The molecule has 0 radical (unpaired) electrons. The molecule has 1 aliphatic heterocycles. The summed E-state index contributed by atoms with van der Waals surface area (Å²) in [6, 6.07) is 10.4. The number of para-hydroxylation sites is 2. The van der Waals surface area contributed by atoms with E-state index in [0.717, 1.165) is 0 Å². The van der Waals surface area contributed by atoms with Crippen LogP contribution in [0.4, 0.5) is 0 Å². The van der Waals surface area contributed by atoms with Gasteiger partial charge in [0.1, 0.15) is 17.9 Å². The van der Waals surface area contributed by atoms with Crippen LogP contribution in [-0.4, -0.2) is 83.2 Å². The molecular formula is C22H23N5O5. The number of aromatic nitrogens is 3. The van der Waals surface area contributed by atoms with Crippen LogP contribution in [0.2, 0.25) is 0 Å². The molecule has 0 unspecified atom stereocenters. The van der Waals surface area contributed by atoms with Crippen LogP contribution < -0.4 is 10.3 Å². The molecule has 0 spiro atoms. The molecule has 1 fully saturated rings. The van der Waals surface area contributed by atoms with E-state index in [4.69, 9.17) is 9.47 Å². The van der Waals surface area contributed by atoms with Gasteiger partial charge < -0.3 is 19.3 Å². The van der Waals surface area contributed by atoms with Gasteiger partial charge in [-0.3, -0.25) is 19.0 Å². The van der Waals surface area contributed by atoms with Crippen LogP contribution in [0.1, 0.15) is 10.5 Å². The maximum atomic E-state index is 13.5. The minimum atomic E-state index is -0.580. The Kier molecular flexibility index (Phi) is 6.13. The van der Waals surface area contributed by atoms with Crippen molar-refractivity contribution >= 4 is 23.0 Å². The van der Waals surface area contributed by atoms with Crippen molar-refractivity contribution in [3.05, 3.63) is 58.6 Å². The first kappa shape index (κ1) is 21.4. The fourth-order valence-electron chi connectivity index (χ4n) is 3.72. The Hall–Kier alpha value is -3.79. The number of carbonyl (C=O) groups is 2. The van der Waals surface area contributed by atoms with Gasteiger partial charge in [0.15, 0.2) is 11.3 Å². The Morgan fingerprint density at radius 1 is 1.00 bits per heavy atom. The monoisotopic (exact) mass is 437 g/mol. The van der Waals surface area contributed by atoms with Crippen molar-refractivity contribution < 1.29 is 19.1 Å². The van der Waals surface area contributed by atoms with Crippen molar-refractivity contribution in [1.29, 1.82) is 0 Å². The summed E-state index contributed by atoms with van der Waals surface area (Å²) in [6.07, 6.45) is 1.56. The molecule has 4 rings (SSSR count). The lowest BCUT2D eigenvalue weighted by atomic mass is 10.2. The summed E-state index contributed by atoms with van der Waals surface area (Å²) >= 11 is 0. The van der Waals surface area contributed by atoms with Gasteiger partial charge in [-0.15, -0.1) is 0 Å². The molecule has 166 valence electrons. The summed E-state index contributed by atoms with van der Waals surface area (Å²) in [5.74, 6) is -0.146. The van der Waals surface area contributed by atoms with Gasteiger partial charge >= 0.3 is 0 Å². The molecule has 10 heteroatoms. The Morgan fingerprint density at radius 2 is 1.72 bits per heavy atom. The fraction of sp³-hybridized carbons (Fsp3) is 0.318. The third-order valence-corrected chi connectivity index (χ3v) is 5.33. The van der Waals surface area contributed by atoms with Crippen molar-refractivity contribution in [3.8, 4) is 11.4 Å². The van der Waals surface area contributed by atoms with E-state index in [9.17, 15) is 14.4 Å². The largest absolute Gasteiger partial charge is 0.495 e. The number of hydrogen-bond donors (Lipinski definition) is 0. The number of rotatable bonds is 5. The maximum Gasteiger partial charge on any atom is 0.288 e. The summed E-state index contributed by atoms with van der Waals surface area (Å²) < 4.78 is 11.7. The van der Waals surface area contributed by atoms with Crippen LogP contribution in [0.25, 0.3) is 16.9 Å². The SMILES string of the molecule is COCC(=O)N1CCN(C(=O)c2nc3cccnc3n(-c3ccccc3OC)c2=O)CC1. The number of ether oxygens (including phenoxy) is 2. The second-order valence-corrected chi connectivity index (χ2v) is 7.22. The Balaban J connectivity index is 1.73. The van der Waals surface area contributed by atoms with Crippen LogP contribution in [0, 0.1) is 0 Å². The molecule has 2 aromatic heterocycles. The van der Waals surface area contributed by atoms with E-state index in [1.54, 1.807) is 47.5 Å².